The molecule has 0 fully saturated rings. The number of nitrogens with two attached hydrogens (primary N) is 1. The molecule has 6 nitrogen and oxygen atoms in total. The fourth-order valence-electron chi connectivity index (χ4n) is 1.38. The van der Waals surface area contributed by atoms with Crippen LogP contribution in [0.15, 0.2) is 0 Å². The molecule has 1 atom stereocenters. The number of unbranched alkanes of at least 4 members (excludes halogenated alkanes) is 2. The monoisotopic (exact) mass is 262 g/mol. The molecule has 0 aliphatic rings. The van der Waals surface area contributed by atoms with Crippen molar-refractivity contribution in [1.29, 1.82) is 0 Å². The number of rotatable bonds is 7. The molecular weight excluding hydrogens is 236 g/mol. The Balaban J connectivity index is 0. The highest BCUT2D eigenvalue weighted by atomic mass is 16.4. The van der Waals surface area contributed by atoms with Gasteiger partial charge in [-0.05, 0) is 6.42 Å². The topological polar surface area (TPSA) is 113 Å². The highest BCUT2D eigenvalue weighted by molar-refractivity contribution is 6.27. The van der Waals surface area contributed by atoms with Crippen molar-refractivity contribution in [2.75, 3.05) is 6.54 Å². The molecule has 0 saturated heterocycles. The molecule has 0 aliphatic carbocycles. The number of hydrogen-bond donors (Lipinski definition) is 4. The van der Waals surface area contributed by atoms with Crippen LogP contribution in [-0.2, 0) is 9.59 Å². The fourth-order valence-corrected chi connectivity index (χ4v) is 1.38. The Kier molecular flexibility index (Phi) is 13.1. The summed E-state index contributed by atoms with van der Waals surface area (Å²) in [6, 6.07) is 1.08. The fraction of sp³-hybridized carbons (Fsp3) is 0.833. The molecule has 0 aromatic heterocycles. The van der Waals surface area contributed by atoms with Gasteiger partial charge in [0.25, 0.3) is 0 Å². The average molecular weight is 262 g/mol. The van der Waals surface area contributed by atoms with Crippen molar-refractivity contribution >= 4 is 11.9 Å². The number of carbonyl (C=O) groups is 2. The molecule has 0 saturated carbocycles. The van der Waals surface area contributed by atoms with Gasteiger partial charge in [-0.2, -0.15) is 0 Å². The Bertz CT molecular complexity index is 220. The van der Waals surface area contributed by atoms with E-state index >= 15 is 0 Å². The first-order valence-corrected chi connectivity index (χ1v) is 6.27. The molecule has 18 heavy (non-hydrogen) atoms. The minimum Gasteiger partial charge on any atom is -0.473 e. The van der Waals surface area contributed by atoms with Gasteiger partial charge in [-0.1, -0.05) is 40.0 Å². The molecule has 0 aromatic rings. The molecule has 0 heterocycles. The summed E-state index contributed by atoms with van der Waals surface area (Å²) in [4.78, 5) is 18.2. The van der Waals surface area contributed by atoms with E-state index in [1.165, 1.54) is 25.7 Å². The van der Waals surface area contributed by atoms with Crippen LogP contribution < -0.4 is 11.1 Å². The predicted molar refractivity (Wildman–Crippen MR) is 70.5 cm³/mol. The molecule has 5 N–H and O–H groups in total. The van der Waals surface area contributed by atoms with Gasteiger partial charge in [-0.15, -0.1) is 0 Å². The largest absolute Gasteiger partial charge is 0.473 e. The molecule has 0 aliphatic heterocycles. The normalized spacial score (nSPS) is 11.6. The van der Waals surface area contributed by atoms with Crippen molar-refractivity contribution in [1.82, 2.24) is 5.32 Å². The standard InChI is InChI=1S/C10H24N2.C2H2O4/c1-4-5-6-7-10(8-11)12-9(2)3;3-1(4)2(5)6/h9-10,12H,4-8,11H2,1-3H3;(H,3,4)(H,5,6). The lowest BCUT2D eigenvalue weighted by atomic mass is 10.1. The van der Waals surface area contributed by atoms with Gasteiger partial charge < -0.3 is 21.3 Å². The third-order valence-corrected chi connectivity index (χ3v) is 2.19. The highest BCUT2D eigenvalue weighted by Crippen LogP contribution is 2.02. The number of hydrogen-bond acceptors (Lipinski definition) is 4. The third-order valence-electron chi connectivity index (χ3n) is 2.19. The maximum Gasteiger partial charge on any atom is 0.414 e. The number of carboxylic acid groups (broad SMARTS) is 2. The van der Waals surface area contributed by atoms with Crippen molar-refractivity contribution in [3.63, 3.8) is 0 Å². The Morgan fingerprint density at radius 3 is 1.94 bits per heavy atom. The van der Waals surface area contributed by atoms with Gasteiger partial charge in [0.05, 0.1) is 0 Å². The van der Waals surface area contributed by atoms with Crippen LogP contribution in [0.4, 0.5) is 0 Å². The van der Waals surface area contributed by atoms with Crippen LogP contribution in [0, 0.1) is 0 Å². The zero-order valence-corrected chi connectivity index (χ0v) is 11.5. The minimum absolute atomic E-state index is 0.525. The lowest BCUT2D eigenvalue weighted by molar-refractivity contribution is -0.159. The van der Waals surface area contributed by atoms with E-state index in [0.29, 0.717) is 12.1 Å². The summed E-state index contributed by atoms with van der Waals surface area (Å²) in [5, 5.41) is 18.2. The van der Waals surface area contributed by atoms with Crippen LogP contribution in [-0.4, -0.2) is 40.8 Å². The van der Waals surface area contributed by atoms with Crippen molar-refractivity contribution in [2.24, 2.45) is 5.73 Å². The van der Waals surface area contributed by atoms with Crippen molar-refractivity contribution < 1.29 is 19.8 Å². The van der Waals surface area contributed by atoms with E-state index in [9.17, 15) is 0 Å². The second-order valence-corrected chi connectivity index (χ2v) is 4.36. The van der Waals surface area contributed by atoms with Crippen LogP contribution in [0.1, 0.15) is 46.5 Å². The highest BCUT2D eigenvalue weighted by Gasteiger charge is 2.06. The van der Waals surface area contributed by atoms with Gasteiger partial charge in [0.1, 0.15) is 0 Å². The van der Waals surface area contributed by atoms with Gasteiger partial charge in [-0.25, -0.2) is 9.59 Å². The van der Waals surface area contributed by atoms with E-state index < -0.39 is 11.9 Å². The van der Waals surface area contributed by atoms with Crippen LogP contribution in [0.3, 0.4) is 0 Å². The van der Waals surface area contributed by atoms with E-state index in [1.807, 2.05) is 0 Å². The summed E-state index contributed by atoms with van der Waals surface area (Å²) in [6.07, 6.45) is 5.15. The zero-order valence-electron chi connectivity index (χ0n) is 11.5. The van der Waals surface area contributed by atoms with Crippen LogP contribution >= 0.6 is 0 Å². The average Bonchev–Trinajstić information content (AvgIpc) is 2.28. The van der Waals surface area contributed by atoms with Gasteiger partial charge in [0.15, 0.2) is 0 Å². The summed E-state index contributed by atoms with van der Waals surface area (Å²) in [6.45, 7) is 7.33. The maximum atomic E-state index is 9.10. The van der Waals surface area contributed by atoms with Crippen molar-refractivity contribution in [2.45, 2.75) is 58.5 Å². The molecule has 0 bridgehead atoms. The molecule has 0 radical (unpaired) electrons. The smallest absolute Gasteiger partial charge is 0.414 e. The second-order valence-electron chi connectivity index (χ2n) is 4.36. The number of nitrogens with one attached hydrogen (secondary N) is 1. The lowest BCUT2D eigenvalue weighted by Crippen LogP contribution is -2.40. The van der Waals surface area contributed by atoms with E-state index in [4.69, 9.17) is 25.5 Å². The number of carboxylic acids is 2. The lowest BCUT2D eigenvalue weighted by Gasteiger charge is -2.19. The Hall–Kier alpha value is -1.14. The zero-order chi connectivity index (χ0) is 14.6. The van der Waals surface area contributed by atoms with Crippen LogP contribution in [0.5, 0.6) is 0 Å². The quantitative estimate of drug-likeness (QED) is 0.403. The Morgan fingerprint density at radius 2 is 1.67 bits per heavy atom. The van der Waals surface area contributed by atoms with Crippen molar-refractivity contribution in [3.8, 4) is 0 Å². The number of aliphatic carboxylic acids is 2. The maximum absolute atomic E-state index is 9.10. The Labute approximate surface area is 109 Å². The third kappa shape index (κ3) is 14.9. The van der Waals surface area contributed by atoms with Crippen molar-refractivity contribution in [3.05, 3.63) is 0 Å². The molecule has 0 spiro atoms. The van der Waals surface area contributed by atoms with Gasteiger partial charge in [0.2, 0.25) is 0 Å². The molecule has 0 aromatic carbocycles. The Morgan fingerprint density at radius 1 is 1.17 bits per heavy atom. The molecule has 6 heteroatoms. The van der Waals surface area contributed by atoms with E-state index in [-0.39, 0.29) is 0 Å². The minimum atomic E-state index is -1.82. The van der Waals surface area contributed by atoms with E-state index in [0.717, 1.165) is 6.54 Å². The molecule has 0 rings (SSSR count). The molecule has 1 unspecified atom stereocenters. The predicted octanol–water partition coefficient (Wildman–Crippen LogP) is 1.05. The SMILES string of the molecule is CCCCCC(CN)NC(C)C.O=C(O)C(=O)O. The molecule has 108 valence electrons. The first-order chi connectivity index (χ1) is 8.34. The first kappa shape index (κ1) is 19.2. The van der Waals surface area contributed by atoms with Gasteiger partial charge >= 0.3 is 11.9 Å². The van der Waals surface area contributed by atoms with E-state index in [2.05, 4.69) is 26.1 Å². The van der Waals surface area contributed by atoms with Gasteiger partial charge in [0, 0.05) is 18.6 Å². The van der Waals surface area contributed by atoms with Crippen LogP contribution in [0.25, 0.3) is 0 Å². The summed E-state index contributed by atoms with van der Waals surface area (Å²) in [5.41, 5.74) is 5.64. The summed E-state index contributed by atoms with van der Waals surface area (Å²) < 4.78 is 0. The van der Waals surface area contributed by atoms with Gasteiger partial charge in [-0.3, -0.25) is 0 Å². The summed E-state index contributed by atoms with van der Waals surface area (Å²) >= 11 is 0. The van der Waals surface area contributed by atoms with E-state index in [1.54, 1.807) is 0 Å². The summed E-state index contributed by atoms with van der Waals surface area (Å²) in [5.74, 6) is -3.65. The molecule has 0 amide bonds. The summed E-state index contributed by atoms with van der Waals surface area (Å²) in [7, 11) is 0. The molecular formula is C12H26N2O4. The van der Waals surface area contributed by atoms with Crippen LogP contribution in [0.2, 0.25) is 0 Å². The first-order valence-electron chi connectivity index (χ1n) is 6.27. The second kappa shape index (κ2) is 12.3.